The van der Waals surface area contributed by atoms with Gasteiger partial charge < -0.3 is 14.4 Å². The van der Waals surface area contributed by atoms with Crippen molar-refractivity contribution in [1.29, 1.82) is 0 Å². The minimum Gasteiger partial charge on any atom is -0.348 e. The molecule has 1 aromatic rings. The van der Waals surface area contributed by atoms with E-state index in [9.17, 15) is 0 Å². The summed E-state index contributed by atoms with van der Waals surface area (Å²) in [4.78, 5) is 2.24. The van der Waals surface area contributed by atoms with Crippen molar-refractivity contribution in [3.05, 3.63) is 35.4 Å². The van der Waals surface area contributed by atoms with Gasteiger partial charge in [-0.1, -0.05) is 24.3 Å². The summed E-state index contributed by atoms with van der Waals surface area (Å²) in [6.45, 7) is 0.800. The Balaban J connectivity index is 2.09. The number of hydrogen-bond acceptors (Lipinski definition) is 3. The number of rotatable bonds is 1. The summed E-state index contributed by atoms with van der Waals surface area (Å²) in [6, 6.07) is 8.80. The van der Waals surface area contributed by atoms with Gasteiger partial charge in [-0.3, -0.25) is 0 Å². The van der Waals surface area contributed by atoms with Gasteiger partial charge in [-0.15, -0.1) is 0 Å². The van der Waals surface area contributed by atoms with E-state index in [0.29, 0.717) is 6.04 Å². The molecule has 2 aliphatic heterocycles. The highest BCUT2D eigenvalue weighted by atomic mass is 16.7. The molecule has 2 bridgehead atoms. The quantitative estimate of drug-likeness (QED) is 0.722. The molecule has 2 heterocycles. The molecule has 3 atom stereocenters. The predicted octanol–water partition coefficient (Wildman–Crippen LogP) is 2.11. The van der Waals surface area contributed by atoms with Gasteiger partial charge >= 0.3 is 0 Å². The van der Waals surface area contributed by atoms with Crippen LogP contribution in [0.3, 0.4) is 0 Å². The zero-order valence-corrected chi connectivity index (χ0v) is 9.72. The van der Waals surface area contributed by atoms with Crippen LogP contribution in [0.5, 0.6) is 0 Å². The van der Waals surface area contributed by atoms with E-state index in [4.69, 9.17) is 9.47 Å². The van der Waals surface area contributed by atoms with E-state index in [1.165, 1.54) is 11.1 Å². The maximum atomic E-state index is 5.96. The Morgan fingerprint density at radius 3 is 2.69 bits per heavy atom. The maximum Gasteiger partial charge on any atom is 0.184 e. The summed E-state index contributed by atoms with van der Waals surface area (Å²) < 4.78 is 11.6. The molecule has 0 unspecified atom stereocenters. The summed E-state index contributed by atoms with van der Waals surface area (Å²) >= 11 is 0. The van der Waals surface area contributed by atoms with Gasteiger partial charge in [0, 0.05) is 5.56 Å². The third kappa shape index (κ3) is 1.47. The fourth-order valence-corrected chi connectivity index (χ4v) is 2.76. The van der Waals surface area contributed by atoms with Crippen LogP contribution in [0.4, 0.5) is 0 Å². The Morgan fingerprint density at radius 2 is 1.94 bits per heavy atom. The summed E-state index contributed by atoms with van der Waals surface area (Å²) in [5.74, 6) is 0. The van der Waals surface area contributed by atoms with Crippen molar-refractivity contribution in [1.82, 2.24) is 4.90 Å². The summed E-state index contributed by atoms with van der Waals surface area (Å²) in [7, 11) is 4.22. The van der Waals surface area contributed by atoms with Gasteiger partial charge in [0.1, 0.15) is 0 Å². The fraction of sp³-hybridized carbons (Fsp3) is 0.538. The molecule has 1 fully saturated rings. The molecular weight excluding hydrogens is 202 g/mol. The third-order valence-electron chi connectivity index (χ3n) is 3.45. The average Bonchev–Trinajstić information content (AvgIpc) is 2.29. The number of ether oxygens (including phenoxy) is 2. The Morgan fingerprint density at radius 1 is 1.19 bits per heavy atom. The van der Waals surface area contributed by atoms with Crippen LogP contribution in [0.25, 0.3) is 0 Å². The fourth-order valence-electron chi connectivity index (χ4n) is 2.76. The van der Waals surface area contributed by atoms with Crippen molar-refractivity contribution in [2.24, 2.45) is 0 Å². The molecule has 3 rings (SSSR count). The standard InChI is InChI=1S/C13H17NO2/c1-14(2)12-9-5-3-4-6-10(9)13-15-8-7-11(12)16-13/h3-6,11-13H,7-8H2,1-2H3/t11-,12+,13-/m0/s1. The van der Waals surface area contributed by atoms with E-state index in [2.05, 4.69) is 37.2 Å². The molecule has 1 saturated heterocycles. The molecule has 16 heavy (non-hydrogen) atoms. The Hall–Kier alpha value is -0.900. The first-order valence-corrected chi connectivity index (χ1v) is 5.79. The van der Waals surface area contributed by atoms with E-state index in [-0.39, 0.29) is 12.4 Å². The summed E-state index contributed by atoms with van der Waals surface area (Å²) in [5, 5.41) is 0. The smallest absolute Gasteiger partial charge is 0.184 e. The van der Waals surface area contributed by atoms with Crippen molar-refractivity contribution in [2.45, 2.75) is 24.9 Å². The van der Waals surface area contributed by atoms with Crippen molar-refractivity contribution in [3.63, 3.8) is 0 Å². The molecule has 1 aromatic carbocycles. The van der Waals surface area contributed by atoms with Gasteiger partial charge in [0.15, 0.2) is 6.29 Å². The van der Waals surface area contributed by atoms with Crippen LogP contribution in [0, 0.1) is 0 Å². The molecule has 0 amide bonds. The topological polar surface area (TPSA) is 21.7 Å². The summed E-state index contributed by atoms with van der Waals surface area (Å²) in [5.41, 5.74) is 2.55. The largest absolute Gasteiger partial charge is 0.348 e. The minimum absolute atomic E-state index is 0.147. The molecule has 0 saturated carbocycles. The van der Waals surface area contributed by atoms with Gasteiger partial charge in [-0.2, -0.15) is 0 Å². The lowest BCUT2D eigenvalue weighted by molar-refractivity contribution is -0.240. The minimum atomic E-state index is -0.147. The zero-order chi connectivity index (χ0) is 11.1. The first kappa shape index (κ1) is 10.3. The van der Waals surface area contributed by atoms with Crippen molar-refractivity contribution in [2.75, 3.05) is 20.7 Å². The maximum absolute atomic E-state index is 5.96. The van der Waals surface area contributed by atoms with Crippen LogP contribution < -0.4 is 0 Å². The Bertz CT molecular complexity index is 391. The van der Waals surface area contributed by atoms with Gasteiger partial charge in [0.05, 0.1) is 18.8 Å². The SMILES string of the molecule is CN(C)[C@@H]1c2ccccc2[C@H]2OCC[C@@H]1O2. The van der Waals surface area contributed by atoms with Gasteiger partial charge in [-0.25, -0.2) is 0 Å². The van der Waals surface area contributed by atoms with E-state index >= 15 is 0 Å². The van der Waals surface area contributed by atoms with E-state index in [1.807, 2.05) is 6.07 Å². The van der Waals surface area contributed by atoms with E-state index in [1.54, 1.807) is 0 Å². The number of nitrogens with zero attached hydrogens (tertiary/aromatic N) is 1. The second-order valence-electron chi connectivity index (χ2n) is 4.70. The Labute approximate surface area is 96.0 Å². The zero-order valence-electron chi connectivity index (χ0n) is 9.72. The van der Waals surface area contributed by atoms with E-state index < -0.39 is 0 Å². The number of likely N-dealkylation sites (N-methyl/N-ethyl adjacent to an activating group) is 1. The highest BCUT2D eigenvalue weighted by molar-refractivity contribution is 5.34. The molecule has 0 radical (unpaired) electrons. The van der Waals surface area contributed by atoms with Crippen LogP contribution in [-0.2, 0) is 9.47 Å². The van der Waals surface area contributed by atoms with Crippen molar-refractivity contribution in [3.8, 4) is 0 Å². The van der Waals surface area contributed by atoms with Gasteiger partial charge in [-0.05, 0) is 26.1 Å². The van der Waals surface area contributed by atoms with E-state index in [0.717, 1.165) is 13.0 Å². The monoisotopic (exact) mass is 219 g/mol. The van der Waals surface area contributed by atoms with Crippen LogP contribution in [0.15, 0.2) is 24.3 Å². The van der Waals surface area contributed by atoms with Gasteiger partial charge in [0.2, 0.25) is 0 Å². The highest BCUT2D eigenvalue weighted by Gasteiger charge is 2.39. The van der Waals surface area contributed by atoms with Crippen molar-refractivity contribution >= 4 is 0 Å². The average molecular weight is 219 g/mol. The van der Waals surface area contributed by atoms with Crippen LogP contribution >= 0.6 is 0 Å². The lowest BCUT2D eigenvalue weighted by Gasteiger charge is -2.44. The predicted molar refractivity (Wildman–Crippen MR) is 61.1 cm³/mol. The second-order valence-corrected chi connectivity index (χ2v) is 4.70. The lowest BCUT2D eigenvalue weighted by atomic mass is 9.90. The first-order chi connectivity index (χ1) is 7.77. The van der Waals surface area contributed by atoms with Gasteiger partial charge in [0.25, 0.3) is 0 Å². The van der Waals surface area contributed by atoms with Crippen molar-refractivity contribution < 1.29 is 9.47 Å². The number of benzene rings is 1. The number of fused-ring (bicyclic) bond motifs is 4. The first-order valence-electron chi connectivity index (χ1n) is 5.79. The van der Waals surface area contributed by atoms with Crippen LogP contribution in [-0.4, -0.2) is 31.7 Å². The molecule has 0 N–H and O–H groups in total. The van der Waals surface area contributed by atoms with Crippen LogP contribution in [0.2, 0.25) is 0 Å². The summed E-state index contributed by atoms with van der Waals surface area (Å²) in [6.07, 6.45) is 1.10. The Kier molecular flexibility index (Phi) is 2.46. The molecule has 86 valence electrons. The molecule has 3 nitrogen and oxygen atoms in total. The molecule has 0 spiro atoms. The molecule has 0 aromatic heterocycles. The second kappa shape index (κ2) is 3.84. The lowest BCUT2D eigenvalue weighted by Crippen LogP contribution is -2.42. The molecular formula is C13H17NO2. The molecule has 3 heteroatoms. The highest BCUT2D eigenvalue weighted by Crippen LogP contribution is 2.42. The molecule has 2 aliphatic rings. The number of hydrogen-bond donors (Lipinski definition) is 0. The molecule has 0 aliphatic carbocycles. The van der Waals surface area contributed by atoms with Crippen LogP contribution in [0.1, 0.15) is 29.9 Å². The normalized spacial score (nSPS) is 32.6. The third-order valence-corrected chi connectivity index (χ3v) is 3.45.